The second kappa shape index (κ2) is 29.3. The molecule has 1 atom stereocenters. The quantitative estimate of drug-likeness (QED) is 0.113. The van der Waals surface area contributed by atoms with Crippen molar-refractivity contribution >= 4 is 89.9 Å². The Hall–Kier alpha value is -14.1. The summed E-state index contributed by atoms with van der Waals surface area (Å²) in [6.07, 6.45) is -0.356. The second-order valence-corrected chi connectivity index (χ2v) is 37.9. The molecule has 0 saturated heterocycles. The van der Waals surface area contributed by atoms with Gasteiger partial charge in [0, 0.05) is 23.1 Å². The summed E-state index contributed by atoms with van der Waals surface area (Å²) in [6, 6.07) is 73.1. The zero-order valence-electron chi connectivity index (χ0n) is 92.2. The van der Waals surface area contributed by atoms with Gasteiger partial charge in [-0.25, -0.2) is 0 Å². The first-order valence-corrected chi connectivity index (χ1v) is 44.0. The Morgan fingerprint density at radius 3 is 1.08 bits per heavy atom. The van der Waals surface area contributed by atoms with Crippen LogP contribution in [0.3, 0.4) is 0 Å². The van der Waals surface area contributed by atoms with Crippen LogP contribution in [0.2, 0.25) is 0 Å². The molecule has 0 saturated carbocycles. The van der Waals surface area contributed by atoms with Crippen LogP contribution in [-0.2, 0) is 22.7 Å². The third-order valence-electron chi connectivity index (χ3n) is 25.2. The fourth-order valence-corrected chi connectivity index (χ4v) is 21.2. The van der Waals surface area contributed by atoms with E-state index in [2.05, 4.69) is 196 Å². The van der Waals surface area contributed by atoms with Crippen molar-refractivity contribution in [3.63, 3.8) is 0 Å². The number of anilines is 6. The van der Waals surface area contributed by atoms with Gasteiger partial charge in [-0.15, -0.1) is 0 Å². The zero-order valence-corrected chi connectivity index (χ0v) is 71.9. The van der Waals surface area contributed by atoms with Gasteiger partial charge in [0.05, 0.1) is 16.5 Å². The molecule has 3 aromatic heterocycles. The molecule has 1 unspecified atom stereocenters. The summed E-state index contributed by atoms with van der Waals surface area (Å²) in [5.41, 5.74) is 13.2. The average molecular weight is 1690 g/mol. The van der Waals surface area contributed by atoms with Gasteiger partial charge >= 0.3 is 416 Å². The second-order valence-electron chi connectivity index (χ2n) is 35.8. The van der Waals surface area contributed by atoms with Gasteiger partial charge < -0.3 is 0 Å². The third kappa shape index (κ3) is 12.7. The van der Waals surface area contributed by atoms with E-state index in [4.69, 9.17) is 2.74 Å². The van der Waals surface area contributed by atoms with E-state index in [-0.39, 0.29) is 104 Å². The first-order valence-electron chi connectivity index (χ1n) is 53.3. The van der Waals surface area contributed by atoms with Gasteiger partial charge in [-0.2, -0.15) is 0 Å². The van der Waals surface area contributed by atoms with Crippen LogP contribution in [0.25, 0.3) is 153 Å². The molecular formula is C120H94N4Se. The Balaban J connectivity index is 0.956. The topological polar surface area (TPSA) is 16.3 Å². The Morgan fingerprint density at radius 1 is 0.312 bits per heavy atom. The average Bonchev–Trinajstić information content (AvgIpc) is 0.886. The van der Waals surface area contributed by atoms with Gasteiger partial charge in [-0.3, -0.25) is 0 Å². The number of nitrogens with zero attached hydrogens (tertiary/aromatic N) is 4. The van der Waals surface area contributed by atoms with Crippen LogP contribution in [0.4, 0.5) is 34.1 Å². The van der Waals surface area contributed by atoms with E-state index in [0.717, 1.165) is 55.6 Å². The van der Waals surface area contributed by atoms with Gasteiger partial charge in [-0.1, -0.05) is 233 Å². The molecule has 20 aromatic rings. The Bertz CT molecular complexity index is 8890. The molecule has 17 aromatic carbocycles. The Labute approximate surface area is 769 Å². The van der Waals surface area contributed by atoms with E-state index in [9.17, 15) is 27.4 Å². The SMILES string of the molecule is [2H]c1c([2H])c([2H])c2c(c1[2H])Cc1c-2c2c([2H])c([2H])c([2H])c([2H])c2n1-c1c([2H])c([2H])c2c(c1[2H])N(c1c(-c3ccc(-c4ccccc4)cc3)cc(C(C)(C)C)cc1-c1ccc(-c3ccccc3)cc1)c1cc(C(C)(C)C)cc3c1C2c1c([2H])c([2H])c(-n2c4[se]c5c([2H])c([2H])c([2H])c([2H])c5c4c4c([2H])c([2H])c([2H])c([2H])c42)c([2H])c1N3c1c(-c2ccc(-c3ccccc3)cc2)cc(C(C)(C)C)cc1-c1ccc(-c2ccccc2)cc1. The van der Waals surface area contributed by atoms with Crippen molar-refractivity contribution in [3.05, 3.63) is 432 Å². The number of para-hydroxylation sites is 2. The van der Waals surface area contributed by atoms with Gasteiger partial charge in [-0.05, 0) is 84.8 Å². The number of aromatic nitrogens is 2. The van der Waals surface area contributed by atoms with Crippen LogP contribution in [0.5, 0.6) is 0 Å². The van der Waals surface area contributed by atoms with Crippen molar-refractivity contribution in [2.75, 3.05) is 9.80 Å². The first-order chi connectivity index (χ1) is 70.1. The number of hydrogen-bond donors (Lipinski definition) is 0. The molecule has 0 amide bonds. The van der Waals surface area contributed by atoms with Gasteiger partial charge in [0.25, 0.3) is 0 Å². The molecule has 0 radical (unpaired) electrons. The van der Waals surface area contributed by atoms with E-state index < -0.39 is 170 Å². The fraction of sp³-hybridized carbons (Fsp3) is 0.117. The van der Waals surface area contributed by atoms with Crippen molar-refractivity contribution in [1.29, 1.82) is 0 Å². The Kier molecular flexibility index (Phi) is 13.1. The van der Waals surface area contributed by atoms with Crippen LogP contribution in [-0.4, -0.2) is 23.6 Å². The first kappa shape index (κ1) is 55.9. The summed E-state index contributed by atoms with van der Waals surface area (Å²) in [6.45, 7) is 19.1. The van der Waals surface area contributed by atoms with E-state index in [1.54, 1.807) is 0 Å². The molecule has 2 aliphatic heterocycles. The molecule has 0 fully saturated rings. The van der Waals surface area contributed by atoms with E-state index in [0.29, 0.717) is 78.4 Å². The Morgan fingerprint density at radius 2 is 0.656 bits per heavy atom. The normalized spacial score (nSPS) is 16.0. The van der Waals surface area contributed by atoms with Crippen molar-refractivity contribution in [2.45, 2.75) is 90.9 Å². The van der Waals surface area contributed by atoms with E-state index in [1.165, 1.54) is 9.13 Å². The molecule has 1 aliphatic carbocycles. The van der Waals surface area contributed by atoms with Gasteiger partial charge in [0.2, 0.25) is 0 Å². The maximum atomic E-state index is 12.3. The standard InChI is InChI=1S/C120H94N4Se/c1-118(2,3)88-67-99(83-54-46-79(47-55-83)75-30-14-10-15-31-75)115(100(68-88)84-56-48-80(49-57-84)76-32-16-11-17-33-76)123-105-73-91(121-103-43-27-24-40-94(103)111-93-39-23-22-38-87(93)66-107(111)121)62-64-96(105)112-97-65-63-92(122-104-44-28-25-41-95(104)113-98-42-26-29-45-110(98)125-117(113)122)74-106(97)124(109-72-90(120(7,8)9)71-108(123)114(109)112)116-101(85-58-50-81(51-59-85)77-34-18-12-19-35-77)69-89(119(4,5)6)70-102(116)86-60-52-82(53-61-86)78-36-20-13-21-37-78/h10-65,67-74,112H,66H2,1-9H3/i22D,23D,24D,25D,26D,27D,28D,29D,38D,39D,40D,41D,42D,43D,44D,45D,62D,63D,64D,65D,73D,74D. The van der Waals surface area contributed by atoms with Crippen molar-refractivity contribution in [2.24, 2.45) is 0 Å². The molecular weight excluding hydrogens is 1580 g/mol. The zero-order chi connectivity index (χ0) is 103. The molecule has 600 valence electrons. The number of benzene rings is 17. The molecule has 23 rings (SSSR count). The fourth-order valence-electron chi connectivity index (χ4n) is 18.8. The van der Waals surface area contributed by atoms with Crippen molar-refractivity contribution in [1.82, 2.24) is 9.13 Å². The number of hydrogen-bond acceptors (Lipinski definition) is 2. The van der Waals surface area contributed by atoms with Crippen LogP contribution in [0.15, 0.2) is 388 Å². The molecule has 3 aliphatic rings. The van der Waals surface area contributed by atoms with Crippen LogP contribution >= 0.6 is 0 Å². The molecule has 0 bridgehead atoms. The van der Waals surface area contributed by atoms with Gasteiger partial charge in [0.15, 0.2) is 0 Å². The van der Waals surface area contributed by atoms with Crippen LogP contribution < -0.4 is 9.80 Å². The molecule has 0 spiro atoms. The summed E-state index contributed by atoms with van der Waals surface area (Å²) in [7, 11) is 0. The van der Waals surface area contributed by atoms with Crippen molar-refractivity contribution < 1.29 is 30.2 Å². The minimum absolute atomic E-state index is 0.0145. The van der Waals surface area contributed by atoms with E-state index in [1.807, 2.05) is 131 Å². The van der Waals surface area contributed by atoms with Gasteiger partial charge in [0.1, 0.15) is 0 Å². The minimum atomic E-state index is -1.64. The van der Waals surface area contributed by atoms with Crippen LogP contribution in [0.1, 0.15) is 143 Å². The summed E-state index contributed by atoms with van der Waals surface area (Å²) >= 11 is -1.26. The molecule has 5 heterocycles. The third-order valence-corrected chi connectivity index (χ3v) is 27.5. The molecule has 125 heavy (non-hydrogen) atoms. The van der Waals surface area contributed by atoms with Crippen LogP contribution in [0, 0.1) is 0 Å². The summed E-state index contributed by atoms with van der Waals surface area (Å²) in [5, 5.41) is -0.281. The molecule has 4 nitrogen and oxygen atoms in total. The summed E-state index contributed by atoms with van der Waals surface area (Å²) in [4.78, 5) is 4.01. The number of rotatable bonds is 12. The van der Waals surface area contributed by atoms with Crippen molar-refractivity contribution in [3.8, 4) is 112 Å². The number of fused-ring (bicyclic) bond motifs is 14. The summed E-state index contributed by atoms with van der Waals surface area (Å²) in [5.74, 6) is -1.64. The van der Waals surface area contributed by atoms with E-state index >= 15 is 0 Å². The monoisotopic (exact) mass is 1690 g/mol. The predicted molar refractivity (Wildman–Crippen MR) is 530 cm³/mol. The maximum absolute atomic E-state index is 12.3. The summed E-state index contributed by atoms with van der Waals surface area (Å²) < 4.78 is 229. The predicted octanol–water partition coefficient (Wildman–Crippen LogP) is 32.5. The molecule has 0 N–H and O–H groups in total. The molecule has 5 heteroatoms.